The van der Waals surface area contributed by atoms with Crippen LogP contribution in [0.4, 0.5) is 0 Å². The monoisotopic (exact) mass is 300 g/mol. The third-order valence-corrected chi connectivity index (χ3v) is 3.10. The van der Waals surface area contributed by atoms with E-state index in [9.17, 15) is 4.79 Å². The number of nitrogens with zero attached hydrogens (tertiary/aromatic N) is 3. The molecule has 0 fully saturated rings. The molecule has 0 saturated heterocycles. The summed E-state index contributed by atoms with van der Waals surface area (Å²) >= 11 is 6.09. The first-order valence-corrected chi connectivity index (χ1v) is 7.23. The maximum atomic E-state index is 12.3. The van der Waals surface area contributed by atoms with E-state index in [0.717, 1.165) is 6.54 Å². The first-order chi connectivity index (χ1) is 9.20. The molecule has 114 valence electrons. The van der Waals surface area contributed by atoms with Crippen LogP contribution in [0.25, 0.3) is 0 Å². The number of Topliss-reactive ketones (excluding diaryl/α,β-unsaturated/α-hetero) is 1. The molecule has 1 aromatic rings. The highest BCUT2D eigenvalue weighted by Gasteiger charge is 2.18. The van der Waals surface area contributed by atoms with Crippen LogP contribution in [0, 0.1) is 0 Å². The number of halogens is 1. The van der Waals surface area contributed by atoms with E-state index in [-0.39, 0.29) is 11.3 Å². The second-order valence-corrected chi connectivity index (χ2v) is 6.62. The maximum Gasteiger partial charge on any atom is 0.183 e. The van der Waals surface area contributed by atoms with Gasteiger partial charge in [-0.3, -0.25) is 9.48 Å². The Morgan fingerprint density at radius 3 is 2.65 bits per heavy atom. The smallest absolute Gasteiger partial charge is 0.183 e. The number of hydrogen-bond acceptors (Lipinski definition) is 4. The highest BCUT2D eigenvalue weighted by molar-refractivity contribution is 6.33. The van der Waals surface area contributed by atoms with Crippen molar-refractivity contribution in [2.45, 2.75) is 39.3 Å². The first-order valence-electron chi connectivity index (χ1n) is 6.85. The van der Waals surface area contributed by atoms with E-state index in [4.69, 9.17) is 11.6 Å². The van der Waals surface area contributed by atoms with Crippen LogP contribution in [-0.4, -0.2) is 53.2 Å². The van der Waals surface area contributed by atoms with Crippen LogP contribution in [0.3, 0.4) is 0 Å². The molecule has 0 aromatic carbocycles. The van der Waals surface area contributed by atoms with Gasteiger partial charge in [-0.05, 0) is 34.9 Å². The average Bonchev–Trinajstić information content (AvgIpc) is 2.66. The summed E-state index contributed by atoms with van der Waals surface area (Å²) in [5, 5.41) is 7.92. The minimum atomic E-state index is 0.00917. The van der Waals surface area contributed by atoms with Crippen LogP contribution in [-0.2, 0) is 6.54 Å². The number of aromatic nitrogens is 2. The molecule has 1 N–H and O–H groups in total. The summed E-state index contributed by atoms with van der Waals surface area (Å²) in [7, 11) is 3.97. The molecule has 0 atom stereocenters. The lowest BCUT2D eigenvalue weighted by Gasteiger charge is -2.20. The predicted octanol–water partition coefficient (Wildman–Crippen LogP) is 2.06. The van der Waals surface area contributed by atoms with E-state index in [1.54, 1.807) is 10.9 Å². The van der Waals surface area contributed by atoms with Crippen molar-refractivity contribution in [2.75, 3.05) is 27.2 Å². The van der Waals surface area contributed by atoms with E-state index in [1.807, 2.05) is 19.0 Å². The molecule has 0 radical (unpaired) electrons. The number of nitrogens with one attached hydrogen (secondary N) is 1. The molecule has 6 heteroatoms. The lowest BCUT2D eigenvalue weighted by molar-refractivity contribution is 0.0969. The fourth-order valence-corrected chi connectivity index (χ4v) is 2.02. The topological polar surface area (TPSA) is 50.2 Å². The lowest BCUT2D eigenvalue weighted by atomic mass is 10.1. The number of hydrogen-bond donors (Lipinski definition) is 1. The third kappa shape index (κ3) is 5.61. The van der Waals surface area contributed by atoms with Gasteiger partial charge in [0, 0.05) is 25.0 Å². The van der Waals surface area contributed by atoms with E-state index in [1.165, 1.54) is 0 Å². The highest BCUT2D eigenvalue weighted by atomic mass is 35.5. The van der Waals surface area contributed by atoms with Gasteiger partial charge in [0.15, 0.2) is 5.78 Å². The SMILES string of the molecule is CN(C)CCn1ncc(Cl)c1C(=O)CCNC(C)(C)C. The van der Waals surface area contributed by atoms with E-state index < -0.39 is 0 Å². The minimum absolute atomic E-state index is 0.00917. The molecule has 0 aliphatic heterocycles. The Labute approximate surface area is 126 Å². The van der Waals surface area contributed by atoms with Gasteiger partial charge in [-0.1, -0.05) is 11.6 Å². The summed E-state index contributed by atoms with van der Waals surface area (Å²) in [6, 6.07) is 0. The molecule has 0 amide bonds. The Morgan fingerprint density at radius 2 is 2.10 bits per heavy atom. The molecular weight excluding hydrogens is 276 g/mol. The molecule has 0 saturated carbocycles. The molecule has 1 aromatic heterocycles. The largest absolute Gasteiger partial charge is 0.312 e. The molecular formula is C14H25ClN4O. The van der Waals surface area contributed by atoms with Crippen LogP contribution in [0.5, 0.6) is 0 Å². The minimum Gasteiger partial charge on any atom is -0.312 e. The fourth-order valence-electron chi connectivity index (χ4n) is 1.77. The fraction of sp³-hybridized carbons (Fsp3) is 0.714. The number of carbonyl (C=O) groups excluding carboxylic acids is 1. The van der Waals surface area contributed by atoms with Gasteiger partial charge in [-0.2, -0.15) is 5.10 Å². The molecule has 0 aliphatic rings. The van der Waals surface area contributed by atoms with Gasteiger partial charge < -0.3 is 10.2 Å². The molecule has 0 unspecified atom stereocenters. The van der Waals surface area contributed by atoms with Crippen molar-refractivity contribution < 1.29 is 4.79 Å². The van der Waals surface area contributed by atoms with Gasteiger partial charge in [-0.15, -0.1) is 0 Å². The number of ketones is 1. The van der Waals surface area contributed by atoms with Gasteiger partial charge in [-0.25, -0.2) is 0 Å². The van der Waals surface area contributed by atoms with Crippen LogP contribution >= 0.6 is 11.6 Å². The Kier molecular flexibility index (Phi) is 6.17. The third-order valence-electron chi connectivity index (χ3n) is 2.83. The summed E-state index contributed by atoms with van der Waals surface area (Å²) < 4.78 is 1.70. The van der Waals surface area contributed by atoms with Crippen LogP contribution < -0.4 is 5.32 Å². The quantitative estimate of drug-likeness (QED) is 0.783. The summed E-state index contributed by atoms with van der Waals surface area (Å²) in [6.07, 6.45) is 1.96. The normalized spacial score (nSPS) is 12.2. The zero-order chi connectivity index (χ0) is 15.3. The molecule has 0 spiro atoms. The standard InChI is InChI=1S/C14H25ClN4O/c1-14(2,3)16-7-6-12(20)13-11(15)10-17-19(13)9-8-18(4)5/h10,16H,6-9H2,1-5H3. The van der Waals surface area contributed by atoms with Crippen molar-refractivity contribution in [1.82, 2.24) is 20.0 Å². The van der Waals surface area contributed by atoms with Gasteiger partial charge >= 0.3 is 0 Å². The predicted molar refractivity (Wildman–Crippen MR) is 82.5 cm³/mol. The zero-order valence-corrected chi connectivity index (χ0v) is 13.8. The summed E-state index contributed by atoms with van der Waals surface area (Å²) in [5.74, 6) is 0.0306. The molecule has 1 rings (SSSR count). The Bertz CT molecular complexity index is 449. The Balaban J connectivity index is 2.65. The molecule has 0 bridgehead atoms. The van der Waals surface area contributed by atoms with Gasteiger partial charge in [0.05, 0.1) is 17.8 Å². The van der Waals surface area contributed by atoms with Crippen LogP contribution in [0.1, 0.15) is 37.7 Å². The second kappa shape index (κ2) is 7.20. The summed E-state index contributed by atoms with van der Waals surface area (Å²) in [5.41, 5.74) is 0.527. The maximum absolute atomic E-state index is 12.3. The van der Waals surface area contributed by atoms with E-state index in [2.05, 4.69) is 31.2 Å². The van der Waals surface area contributed by atoms with Crippen molar-refractivity contribution in [3.8, 4) is 0 Å². The summed E-state index contributed by atoms with van der Waals surface area (Å²) in [4.78, 5) is 14.3. The van der Waals surface area contributed by atoms with Crippen molar-refractivity contribution in [3.63, 3.8) is 0 Å². The molecule has 5 nitrogen and oxygen atoms in total. The van der Waals surface area contributed by atoms with Crippen molar-refractivity contribution in [1.29, 1.82) is 0 Å². The lowest BCUT2D eigenvalue weighted by Crippen LogP contribution is -2.37. The van der Waals surface area contributed by atoms with Crippen LogP contribution in [0.15, 0.2) is 6.20 Å². The second-order valence-electron chi connectivity index (χ2n) is 6.22. The van der Waals surface area contributed by atoms with Gasteiger partial charge in [0.1, 0.15) is 5.69 Å². The summed E-state index contributed by atoms with van der Waals surface area (Å²) in [6.45, 7) is 8.34. The number of rotatable bonds is 7. The van der Waals surface area contributed by atoms with Crippen LogP contribution in [0.2, 0.25) is 5.02 Å². The average molecular weight is 301 g/mol. The molecule has 1 heterocycles. The zero-order valence-electron chi connectivity index (χ0n) is 13.0. The Hall–Kier alpha value is -0.910. The van der Waals surface area contributed by atoms with Gasteiger partial charge in [0.25, 0.3) is 0 Å². The first kappa shape index (κ1) is 17.1. The van der Waals surface area contributed by atoms with Crippen molar-refractivity contribution in [2.24, 2.45) is 0 Å². The Morgan fingerprint density at radius 1 is 1.45 bits per heavy atom. The van der Waals surface area contributed by atoms with E-state index in [0.29, 0.717) is 30.2 Å². The van der Waals surface area contributed by atoms with Crippen molar-refractivity contribution >= 4 is 17.4 Å². The molecule has 20 heavy (non-hydrogen) atoms. The van der Waals surface area contributed by atoms with E-state index >= 15 is 0 Å². The number of likely N-dealkylation sites (N-methyl/N-ethyl adjacent to an activating group) is 1. The number of carbonyl (C=O) groups is 1. The van der Waals surface area contributed by atoms with Crippen molar-refractivity contribution in [3.05, 3.63) is 16.9 Å². The molecule has 0 aliphatic carbocycles. The van der Waals surface area contributed by atoms with Gasteiger partial charge in [0.2, 0.25) is 0 Å². The highest BCUT2D eigenvalue weighted by Crippen LogP contribution is 2.17.